The van der Waals surface area contributed by atoms with Gasteiger partial charge in [0.15, 0.2) is 0 Å². The molecule has 0 fully saturated rings. The molecule has 2 rings (SSSR count). The van der Waals surface area contributed by atoms with E-state index < -0.39 is 28.4 Å². The Kier molecular flexibility index (Phi) is 2.32. The van der Waals surface area contributed by atoms with Crippen LogP contribution in [0.25, 0.3) is 0 Å². The summed E-state index contributed by atoms with van der Waals surface area (Å²) in [6.07, 6.45) is 0. The first kappa shape index (κ1) is 11.4. The van der Waals surface area contributed by atoms with E-state index in [9.17, 15) is 18.0 Å². The summed E-state index contributed by atoms with van der Waals surface area (Å²) >= 11 is 0. The second kappa shape index (κ2) is 3.45. The molecule has 1 heterocycles. The Balaban J connectivity index is 2.61. The lowest BCUT2D eigenvalue weighted by atomic mass is 10.2. The average Bonchev–Trinajstić information content (AvgIpc) is 2.40. The van der Waals surface area contributed by atoms with Crippen LogP contribution in [0.15, 0.2) is 23.1 Å². The molecule has 0 spiro atoms. The van der Waals surface area contributed by atoms with Gasteiger partial charge in [0.1, 0.15) is 11.4 Å². The predicted octanol–water partition coefficient (Wildman–Crippen LogP) is -0.502. The number of anilines is 1. The summed E-state index contributed by atoms with van der Waals surface area (Å²) in [5, 5.41) is 8.57. The molecule has 0 bridgehead atoms. The number of sulfonamides is 1. The first-order valence-corrected chi connectivity index (χ1v) is 5.96. The lowest BCUT2D eigenvalue weighted by Gasteiger charge is -2.11. The number of carboxylic acid groups (broad SMARTS) is 1. The van der Waals surface area contributed by atoms with Gasteiger partial charge in [0.2, 0.25) is 0 Å². The number of carbonyl (C=O) groups is 2. The number of amides is 1. The van der Waals surface area contributed by atoms with Crippen LogP contribution in [-0.4, -0.2) is 36.3 Å². The van der Waals surface area contributed by atoms with Gasteiger partial charge in [-0.15, -0.1) is 0 Å². The van der Waals surface area contributed by atoms with Crippen molar-refractivity contribution in [2.75, 3.05) is 12.3 Å². The maximum absolute atomic E-state index is 11.9. The summed E-state index contributed by atoms with van der Waals surface area (Å²) in [6.45, 7) is -0.893. The van der Waals surface area contributed by atoms with Gasteiger partial charge >= 0.3 is 5.97 Å². The van der Waals surface area contributed by atoms with Crippen LogP contribution in [0.1, 0.15) is 10.4 Å². The predicted molar refractivity (Wildman–Crippen MR) is 56.7 cm³/mol. The third kappa shape index (κ3) is 1.62. The lowest BCUT2D eigenvalue weighted by molar-refractivity contribution is -0.136. The van der Waals surface area contributed by atoms with E-state index in [0.29, 0.717) is 4.31 Å². The Labute approximate surface area is 96.5 Å². The Hall–Kier alpha value is -2.09. The molecule has 1 amide bonds. The van der Waals surface area contributed by atoms with E-state index in [-0.39, 0.29) is 16.1 Å². The summed E-state index contributed by atoms with van der Waals surface area (Å²) in [7, 11) is -4.09. The SMILES string of the molecule is Nc1ccc2c(c1)S(=O)(=O)N(CC(=O)O)C2=O. The van der Waals surface area contributed by atoms with Crippen molar-refractivity contribution < 1.29 is 23.1 Å². The molecule has 0 unspecified atom stereocenters. The molecule has 0 saturated carbocycles. The summed E-state index contributed by atoms with van der Waals surface area (Å²) < 4.78 is 24.1. The second-order valence-electron chi connectivity index (χ2n) is 3.47. The van der Waals surface area contributed by atoms with Gasteiger partial charge in [0, 0.05) is 5.69 Å². The molecule has 90 valence electrons. The van der Waals surface area contributed by atoms with Gasteiger partial charge in [-0.1, -0.05) is 0 Å². The van der Waals surface area contributed by atoms with Crippen molar-refractivity contribution in [3.05, 3.63) is 23.8 Å². The maximum Gasteiger partial charge on any atom is 0.324 e. The number of aliphatic carboxylic acids is 1. The van der Waals surface area contributed by atoms with Crippen molar-refractivity contribution in [3.8, 4) is 0 Å². The Bertz CT molecular complexity index is 622. The summed E-state index contributed by atoms with van der Waals surface area (Å²) in [5.74, 6) is -2.25. The number of rotatable bonds is 2. The van der Waals surface area contributed by atoms with Crippen LogP contribution in [0.5, 0.6) is 0 Å². The molecule has 7 nitrogen and oxygen atoms in total. The smallest absolute Gasteiger partial charge is 0.324 e. The van der Waals surface area contributed by atoms with Crippen LogP contribution in [0, 0.1) is 0 Å². The van der Waals surface area contributed by atoms with Crippen LogP contribution >= 0.6 is 0 Å². The quantitative estimate of drug-likeness (QED) is 0.688. The topological polar surface area (TPSA) is 118 Å². The highest BCUT2D eigenvalue weighted by molar-refractivity contribution is 7.90. The van der Waals surface area contributed by atoms with E-state index in [1.54, 1.807) is 0 Å². The molecule has 3 N–H and O–H groups in total. The molecule has 0 aromatic heterocycles. The number of hydrogen-bond donors (Lipinski definition) is 2. The average molecular weight is 256 g/mol. The van der Waals surface area contributed by atoms with Crippen LogP contribution in [0.2, 0.25) is 0 Å². The molecule has 8 heteroatoms. The number of nitrogens with two attached hydrogens (primary N) is 1. The molecular weight excluding hydrogens is 248 g/mol. The monoisotopic (exact) mass is 256 g/mol. The number of fused-ring (bicyclic) bond motifs is 1. The van der Waals surface area contributed by atoms with Crippen molar-refractivity contribution in [1.29, 1.82) is 0 Å². The minimum atomic E-state index is -4.09. The molecular formula is C9H8N2O5S. The molecule has 0 aliphatic carbocycles. The van der Waals surface area contributed by atoms with Crippen molar-refractivity contribution in [2.45, 2.75) is 4.90 Å². The molecule has 1 aromatic rings. The van der Waals surface area contributed by atoms with E-state index in [0.717, 1.165) is 6.07 Å². The van der Waals surface area contributed by atoms with Gasteiger partial charge in [-0.2, -0.15) is 0 Å². The van der Waals surface area contributed by atoms with Crippen LogP contribution in [-0.2, 0) is 14.8 Å². The van der Waals surface area contributed by atoms with Crippen LogP contribution < -0.4 is 5.73 Å². The lowest BCUT2D eigenvalue weighted by Crippen LogP contribution is -2.34. The third-order valence-corrected chi connectivity index (χ3v) is 4.08. The standard InChI is InChI=1S/C9H8N2O5S/c10-5-1-2-6-7(3-5)17(15,16)11(9(6)14)4-8(12)13/h1-3H,4,10H2,(H,12,13). The fraction of sp³-hybridized carbons (Fsp3) is 0.111. The van der Waals surface area contributed by atoms with E-state index in [2.05, 4.69) is 0 Å². The van der Waals surface area contributed by atoms with Gasteiger partial charge in [-0.25, -0.2) is 12.7 Å². The highest BCUT2D eigenvalue weighted by Crippen LogP contribution is 2.31. The molecule has 0 radical (unpaired) electrons. The van der Waals surface area contributed by atoms with E-state index in [1.807, 2.05) is 0 Å². The van der Waals surface area contributed by atoms with E-state index in [1.165, 1.54) is 12.1 Å². The Morgan fingerprint density at radius 3 is 2.65 bits per heavy atom. The molecule has 17 heavy (non-hydrogen) atoms. The van der Waals surface area contributed by atoms with Crippen molar-refractivity contribution in [3.63, 3.8) is 0 Å². The highest BCUT2D eigenvalue weighted by atomic mass is 32.2. The normalized spacial score (nSPS) is 16.9. The molecule has 0 atom stereocenters. The minimum absolute atomic E-state index is 0.0551. The van der Waals surface area contributed by atoms with Gasteiger partial charge in [-0.3, -0.25) is 9.59 Å². The van der Waals surface area contributed by atoms with Crippen molar-refractivity contribution in [1.82, 2.24) is 4.31 Å². The largest absolute Gasteiger partial charge is 0.480 e. The third-order valence-electron chi connectivity index (χ3n) is 2.31. The van der Waals surface area contributed by atoms with Gasteiger partial charge in [0.05, 0.1) is 5.56 Å². The van der Waals surface area contributed by atoms with Gasteiger partial charge < -0.3 is 10.8 Å². The number of carbonyl (C=O) groups excluding carboxylic acids is 1. The van der Waals surface area contributed by atoms with Crippen molar-refractivity contribution in [2.24, 2.45) is 0 Å². The van der Waals surface area contributed by atoms with E-state index in [4.69, 9.17) is 10.8 Å². The minimum Gasteiger partial charge on any atom is -0.480 e. The zero-order valence-corrected chi connectivity index (χ0v) is 9.27. The zero-order chi connectivity index (χ0) is 12.8. The van der Waals surface area contributed by atoms with Crippen molar-refractivity contribution >= 4 is 27.6 Å². The maximum atomic E-state index is 11.9. The number of carboxylic acids is 1. The number of benzene rings is 1. The molecule has 1 aromatic carbocycles. The molecule has 1 aliphatic heterocycles. The first-order chi connectivity index (χ1) is 7.84. The first-order valence-electron chi connectivity index (χ1n) is 4.52. The summed E-state index contributed by atoms with van der Waals surface area (Å²) in [5.41, 5.74) is 5.57. The van der Waals surface area contributed by atoms with Gasteiger partial charge in [-0.05, 0) is 18.2 Å². The fourth-order valence-corrected chi connectivity index (χ4v) is 3.12. The van der Waals surface area contributed by atoms with Crippen LogP contribution in [0.3, 0.4) is 0 Å². The Morgan fingerprint density at radius 1 is 1.41 bits per heavy atom. The molecule has 0 saturated heterocycles. The highest BCUT2D eigenvalue weighted by Gasteiger charge is 2.42. The summed E-state index contributed by atoms with van der Waals surface area (Å²) in [4.78, 5) is 22.0. The number of nitrogens with zero attached hydrogens (tertiary/aromatic N) is 1. The van der Waals surface area contributed by atoms with E-state index >= 15 is 0 Å². The van der Waals surface area contributed by atoms with Gasteiger partial charge in [0.25, 0.3) is 15.9 Å². The zero-order valence-electron chi connectivity index (χ0n) is 8.45. The summed E-state index contributed by atoms with van der Waals surface area (Å²) in [6, 6.07) is 3.80. The molecule has 1 aliphatic rings. The number of hydrogen-bond acceptors (Lipinski definition) is 5. The number of nitrogen functional groups attached to an aromatic ring is 1. The fourth-order valence-electron chi connectivity index (χ4n) is 1.57. The second-order valence-corrected chi connectivity index (χ2v) is 5.30. The van der Waals surface area contributed by atoms with Crippen LogP contribution in [0.4, 0.5) is 5.69 Å². The Morgan fingerprint density at radius 2 is 2.06 bits per heavy atom.